The number of carboxylic acids is 1. The van der Waals surface area contributed by atoms with E-state index < -0.39 is 11.5 Å². The Balaban J connectivity index is 2.84. The second-order valence-corrected chi connectivity index (χ2v) is 5.09. The second-order valence-electron chi connectivity index (χ2n) is 5.09. The Morgan fingerprint density at radius 2 is 2.00 bits per heavy atom. The molecular weight excluding hydrogens is 246 g/mol. The summed E-state index contributed by atoms with van der Waals surface area (Å²) in [6.07, 6.45) is -0.131. The van der Waals surface area contributed by atoms with E-state index >= 15 is 0 Å². The number of carbonyl (C=O) groups excluding carboxylic acids is 1. The fraction of sp³-hybridized carbons (Fsp3) is 0.429. The lowest BCUT2D eigenvalue weighted by molar-refractivity contribution is -0.138. The monoisotopic (exact) mass is 265 g/mol. The third kappa shape index (κ3) is 4.28. The molecule has 5 nitrogen and oxygen atoms in total. The minimum Gasteiger partial charge on any atom is -0.496 e. The maximum atomic E-state index is 12.0. The number of nitrogens with one attached hydrogen (secondary N) is 1. The summed E-state index contributed by atoms with van der Waals surface area (Å²) in [5.74, 6) is -0.533. The van der Waals surface area contributed by atoms with Crippen molar-refractivity contribution in [3.05, 3.63) is 29.3 Å². The number of hydrogen-bond acceptors (Lipinski definition) is 3. The highest BCUT2D eigenvalue weighted by molar-refractivity contribution is 5.95. The van der Waals surface area contributed by atoms with Crippen molar-refractivity contribution >= 4 is 11.9 Å². The van der Waals surface area contributed by atoms with Gasteiger partial charge in [0.25, 0.3) is 5.91 Å². The number of ether oxygens (including phenoxy) is 1. The molecule has 0 aliphatic carbocycles. The van der Waals surface area contributed by atoms with Crippen LogP contribution < -0.4 is 10.1 Å². The van der Waals surface area contributed by atoms with E-state index in [4.69, 9.17) is 9.84 Å². The van der Waals surface area contributed by atoms with Crippen LogP contribution in [0.5, 0.6) is 5.75 Å². The molecule has 0 spiro atoms. The van der Waals surface area contributed by atoms with E-state index in [2.05, 4.69) is 5.32 Å². The third-order valence-electron chi connectivity index (χ3n) is 2.70. The van der Waals surface area contributed by atoms with Crippen LogP contribution in [0.3, 0.4) is 0 Å². The summed E-state index contributed by atoms with van der Waals surface area (Å²) in [4.78, 5) is 22.8. The maximum Gasteiger partial charge on any atom is 0.305 e. The first kappa shape index (κ1) is 15.0. The van der Waals surface area contributed by atoms with Crippen LogP contribution in [0.4, 0.5) is 0 Å². The van der Waals surface area contributed by atoms with Gasteiger partial charge < -0.3 is 15.2 Å². The van der Waals surface area contributed by atoms with Crippen molar-refractivity contribution in [3.63, 3.8) is 0 Å². The molecule has 1 aromatic carbocycles. The van der Waals surface area contributed by atoms with Crippen molar-refractivity contribution in [2.45, 2.75) is 32.7 Å². The highest BCUT2D eigenvalue weighted by Gasteiger charge is 2.24. The predicted octanol–water partition coefficient (Wildman–Crippen LogP) is 1.99. The quantitative estimate of drug-likeness (QED) is 0.853. The Labute approximate surface area is 112 Å². The Kier molecular flexibility index (Phi) is 4.53. The van der Waals surface area contributed by atoms with Crippen LogP contribution in [0.2, 0.25) is 0 Å². The second kappa shape index (κ2) is 5.73. The summed E-state index contributed by atoms with van der Waals surface area (Å²) in [5, 5.41) is 11.5. The molecule has 0 heterocycles. The lowest BCUT2D eigenvalue weighted by Gasteiger charge is -2.24. The number of carboxylic acid groups (broad SMARTS) is 1. The van der Waals surface area contributed by atoms with Crippen LogP contribution >= 0.6 is 0 Å². The Morgan fingerprint density at radius 1 is 1.37 bits per heavy atom. The van der Waals surface area contributed by atoms with Crippen LogP contribution in [0.1, 0.15) is 36.2 Å². The van der Waals surface area contributed by atoms with E-state index in [1.807, 2.05) is 6.92 Å². The number of carbonyl (C=O) groups is 2. The van der Waals surface area contributed by atoms with Crippen LogP contribution in [0.15, 0.2) is 18.2 Å². The van der Waals surface area contributed by atoms with Crippen molar-refractivity contribution in [3.8, 4) is 5.75 Å². The van der Waals surface area contributed by atoms with Gasteiger partial charge in [-0.1, -0.05) is 0 Å². The van der Waals surface area contributed by atoms with E-state index in [1.54, 1.807) is 39.2 Å². The van der Waals surface area contributed by atoms with Gasteiger partial charge >= 0.3 is 5.97 Å². The number of methoxy groups -OCH3 is 1. The van der Waals surface area contributed by atoms with Gasteiger partial charge in [0.05, 0.1) is 13.5 Å². The topological polar surface area (TPSA) is 75.6 Å². The summed E-state index contributed by atoms with van der Waals surface area (Å²) in [6, 6.07) is 5.08. The summed E-state index contributed by atoms with van der Waals surface area (Å²) in [5.41, 5.74) is 0.541. The van der Waals surface area contributed by atoms with Gasteiger partial charge in [-0.15, -0.1) is 0 Å². The molecule has 0 radical (unpaired) electrons. The zero-order valence-electron chi connectivity index (χ0n) is 11.6. The van der Waals surface area contributed by atoms with Crippen molar-refractivity contribution < 1.29 is 19.4 Å². The molecule has 0 fully saturated rings. The lowest BCUT2D eigenvalue weighted by atomic mass is 10.00. The first-order chi connectivity index (χ1) is 8.75. The molecule has 0 saturated heterocycles. The highest BCUT2D eigenvalue weighted by atomic mass is 16.5. The van der Waals surface area contributed by atoms with Crippen molar-refractivity contribution in [1.82, 2.24) is 5.32 Å². The molecule has 0 aliphatic heterocycles. The normalized spacial score (nSPS) is 10.9. The van der Waals surface area contributed by atoms with Crippen molar-refractivity contribution in [1.29, 1.82) is 0 Å². The molecule has 1 amide bonds. The molecule has 0 aliphatic rings. The molecule has 0 saturated carbocycles. The largest absolute Gasteiger partial charge is 0.496 e. The minimum atomic E-state index is -0.948. The SMILES string of the molecule is COc1ccc(C(=O)NC(C)(C)CC(=O)O)cc1C. The van der Waals surface area contributed by atoms with E-state index in [0.717, 1.165) is 5.56 Å². The van der Waals surface area contributed by atoms with Crippen LogP contribution in [-0.2, 0) is 4.79 Å². The number of benzene rings is 1. The van der Waals surface area contributed by atoms with E-state index in [0.29, 0.717) is 11.3 Å². The van der Waals surface area contributed by atoms with Gasteiger partial charge in [-0.2, -0.15) is 0 Å². The van der Waals surface area contributed by atoms with Gasteiger partial charge in [0.1, 0.15) is 5.75 Å². The summed E-state index contributed by atoms with van der Waals surface area (Å²) < 4.78 is 5.12. The zero-order valence-corrected chi connectivity index (χ0v) is 11.6. The number of aryl methyl sites for hydroxylation is 1. The molecule has 1 rings (SSSR count). The van der Waals surface area contributed by atoms with Crippen LogP contribution in [0, 0.1) is 6.92 Å². The average molecular weight is 265 g/mol. The summed E-state index contributed by atoms with van der Waals surface area (Å²) in [7, 11) is 1.57. The molecule has 0 bridgehead atoms. The van der Waals surface area contributed by atoms with Gasteiger partial charge in [0.15, 0.2) is 0 Å². The zero-order chi connectivity index (χ0) is 14.6. The fourth-order valence-corrected chi connectivity index (χ4v) is 1.82. The first-order valence-electron chi connectivity index (χ1n) is 5.94. The van der Waals surface area contributed by atoms with E-state index in [9.17, 15) is 9.59 Å². The number of aliphatic carboxylic acids is 1. The maximum absolute atomic E-state index is 12.0. The van der Waals surface area contributed by atoms with Crippen LogP contribution in [0.25, 0.3) is 0 Å². The molecule has 0 aromatic heterocycles. The Morgan fingerprint density at radius 3 is 2.47 bits per heavy atom. The molecule has 1 aromatic rings. The number of amides is 1. The molecule has 104 valence electrons. The number of hydrogen-bond donors (Lipinski definition) is 2. The minimum absolute atomic E-state index is 0.131. The predicted molar refractivity (Wildman–Crippen MR) is 71.5 cm³/mol. The average Bonchev–Trinajstić information content (AvgIpc) is 2.26. The van der Waals surface area contributed by atoms with Gasteiger partial charge in [-0.25, -0.2) is 0 Å². The Hall–Kier alpha value is -2.04. The van der Waals surface area contributed by atoms with Crippen molar-refractivity contribution in [2.24, 2.45) is 0 Å². The highest BCUT2D eigenvalue weighted by Crippen LogP contribution is 2.19. The molecule has 0 unspecified atom stereocenters. The van der Waals surface area contributed by atoms with Crippen molar-refractivity contribution in [2.75, 3.05) is 7.11 Å². The van der Waals surface area contributed by atoms with E-state index in [1.165, 1.54) is 0 Å². The molecule has 19 heavy (non-hydrogen) atoms. The van der Waals surface area contributed by atoms with E-state index in [-0.39, 0.29) is 12.3 Å². The van der Waals surface area contributed by atoms with Gasteiger partial charge in [0, 0.05) is 11.1 Å². The van der Waals surface area contributed by atoms with Gasteiger partial charge in [-0.05, 0) is 44.5 Å². The Bertz CT molecular complexity index is 494. The molecule has 0 atom stereocenters. The first-order valence-corrected chi connectivity index (χ1v) is 5.94. The summed E-state index contributed by atoms with van der Waals surface area (Å²) >= 11 is 0. The molecular formula is C14H19NO4. The van der Waals surface area contributed by atoms with Gasteiger partial charge in [0.2, 0.25) is 0 Å². The van der Waals surface area contributed by atoms with Gasteiger partial charge in [-0.3, -0.25) is 9.59 Å². The van der Waals surface area contributed by atoms with Crippen LogP contribution in [-0.4, -0.2) is 29.6 Å². The number of rotatable bonds is 5. The molecule has 5 heteroatoms. The lowest BCUT2D eigenvalue weighted by Crippen LogP contribution is -2.44. The fourth-order valence-electron chi connectivity index (χ4n) is 1.82. The third-order valence-corrected chi connectivity index (χ3v) is 2.70. The summed E-state index contributed by atoms with van der Waals surface area (Å²) in [6.45, 7) is 5.20. The standard InChI is InChI=1S/C14H19NO4/c1-9-7-10(5-6-11(9)19-4)13(18)15-14(2,3)8-12(16)17/h5-7H,8H2,1-4H3,(H,15,18)(H,16,17). The smallest absolute Gasteiger partial charge is 0.305 e. The molecule has 2 N–H and O–H groups in total.